The Morgan fingerprint density at radius 3 is 2.56 bits per heavy atom. The number of nitro groups is 1. The Morgan fingerprint density at radius 1 is 1.22 bits per heavy atom. The number of carbonyl (C=O) groups excluding carboxylic acids is 2. The van der Waals surface area contributed by atoms with Crippen molar-refractivity contribution < 1.29 is 18.9 Å². The lowest BCUT2D eigenvalue weighted by Gasteiger charge is -2.08. The van der Waals surface area contributed by atoms with Crippen LogP contribution in [0.15, 0.2) is 47.6 Å². The van der Waals surface area contributed by atoms with E-state index < -0.39 is 16.9 Å². The second kappa shape index (κ2) is 9.25. The maximum absolute atomic E-state index is 12.8. The molecule has 2 rings (SSSR count). The summed E-state index contributed by atoms with van der Waals surface area (Å²) in [6.07, 6.45) is 1.31. The maximum atomic E-state index is 12.8. The van der Waals surface area contributed by atoms with Crippen molar-refractivity contribution in [2.45, 2.75) is 0 Å². The normalized spacial score (nSPS) is 10.4. The van der Waals surface area contributed by atoms with Crippen LogP contribution in [0.25, 0.3) is 0 Å². The molecule has 0 aromatic heterocycles. The number of hydrazone groups is 1. The summed E-state index contributed by atoms with van der Waals surface area (Å²) in [6.45, 7) is -0.378. The van der Waals surface area contributed by atoms with E-state index in [1.807, 2.05) is 0 Å². The molecule has 0 aliphatic heterocycles. The van der Waals surface area contributed by atoms with Crippen LogP contribution in [0, 0.1) is 15.9 Å². The summed E-state index contributed by atoms with van der Waals surface area (Å²) >= 11 is 5.85. The molecular weight excluding hydrogens is 381 g/mol. The number of halogens is 2. The number of nitro benzene ring substituents is 1. The molecule has 9 nitrogen and oxygen atoms in total. The molecule has 3 amide bonds. The Labute approximate surface area is 157 Å². The number of anilines is 1. The van der Waals surface area contributed by atoms with E-state index in [0.717, 1.165) is 6.07 Å². The predicted octanol–water partition coefficient (Wildman–Crippen LogP) is 2.66. The topological polar surface area (TPSA) is 126 Å². The number of hydrogen-bond acceptors (Lipinski definition) is 5. The van der Waals surface area contributed by atoms with Crippen LogP contribution >= 0.6 is 11.6 Å². The van der Waals surface area contributed by atoms with Gasteiger partial charge in [0, 0.05) is 12.1 Å². The van der Waals surface area contributed by atoms with Gasteiger partial charge in [-0.15, -0.1) is 0 Å². The zero-order valence-corrected chi connectivity index (χ0v) is 14.4. The van der Waals surface area contributed by atoms with Crippen LogP contribution in [0.2, 0.25) is 5.02 Å². The number of rotatable bonds is 6. The van der Waals surface area contributed by atoms with E-state index in [9.17, 15) is 24.1 Å². The molecule has 0 aliphatic rings. The molecule has 2 aromatic carbocycles. The van der Waals surface area contributed by atoms with E-state index in [1.165, 1.54) is 42.6 Å². The van der Waals surface area contributed by atoms with Gasteiger partial charge in [0.2, 0.25) is 0 Å². The van der Waals surface area contributed by atoms with Crippen LogP contribution in [0.3, 0.4) is 0 Å². The predicted molar refractivity (Wildman–Crippen MR) is 97.3 cm³/mol. The minimum absolute atomic E-state index is 0.0206. The molecule has 0 saturated carbocycles. The smallest absolute Gasteiger partial charge is 0.319 e. The molecule has 27 heavy (non-hydrogen) atoms. The van der Waals surface area contributed by atoms with Crippen LogP contribution in [0.1, 0.15) is 5.56 Å². The monoisotopic (exact) mass is 393 g/mol. The number of urea groups is 1. The fourth-order valence-electron chi connectivity index (χ4n) is 1.81. The molecular formula is C16H13ClFN5O4. The average Bonchev–Trinajstić information content (AvgIpc) is 2.63. The molecule has 140 valence electrons. The summed E-state index contributed by atoms with van der Waals surface area (Å²) < 4.78 is 12.8. The molecule has 0 aliphatic carbocycles. The van der Waals surface area contributed by atoms with Crippen molar-refractivity contribution in [2.24, 2.45) is 5.10 Å². The van der Waals surface area contributed by atoms with Gasteiger partial charge in [0.15, 0.2) is 0 Å². The second-order valence-corrected chi connectivity index (χ2v) is 5.48. The van der Waals surface area contributed by atoms with E-state index in [2.05, 4.69) is 21.2 Å². The van der Waals surface area contributed by atoms with Gasteiger partial charge in [-0.2, -0.15) is 5.10 Å². The van der Waals surface area contributed by atoms with Crippen molar-refractivity contribution in [2.75, 3.05) is 11.9 Å². The molecule has 11 heteroatoms. The van der Waals surface area contributed by atoms with E-state index in [4.69, 9.17) is 11.6 Å². The van der Waals surface area contributed by atoms with Crippen LogP contribution in [0.5, 0.6) is 0 Å². The number of benzene rings is 2. The lowest BCUT2D eigenvalue weighted by Crippen LogP contribution is -2.37. The van der Waals surface area contributed by atoms with Gasteiger partial charge in [-0.05, 0) is 23.8 Å². The van der Waals surface area contributed by atoms with Crippen molar-refractivity contribution >= 4 is 41.1 Å². The molecule has 0 saturated heterocycles. The minimum Gasteiger partial charge on any atom is -0.329 e. The van der Waals surface area contributed by atoms with Gasteiger partial charge in [0.25, 0.3) is 11.6 Å². The molecule has 0 bridgehead atoms. The number of carbonyl (C=O) groups is 2. The minimum atomic E-state index is -0.733. The highest BCUT2D eigenvalue weighted by Gasteiger charge is 2.12. The van der Waals surface area contributed by atoms with Gasteiger partial charge < -0.3 is 10.6 Å². The summed E-state index contributed by atoms with van der Waals surface area (Å²) in [5, 5.41) is 18.9. The molecule has 0 spiro atoms. The summed E-state index contributed by atoms with van der Waals surface area (Å²) in [5.74, 6) is -0.988. The number of nitrogens with one attached hydrogen (secondary N) is 3. The SMILES string of the molecule is O=C(CNC(=O)Nc1ccc([N+](=O)[O-])cc1Cl)NN=Cc1ccc(F)cc1. The van der Waals surface area contributed by atoms with Gasteiger partial charge in [0.1, 0.15) is 12.4 Å². The first kappa shape index (κ1) is 19.8. The highest BCUT2D eigenvalue weighted by Crippen LogP contribution is 2.26. The van der Waals surface area contributed by atoms with Crippen molar-refractivity contribution in [3.8, 4) is 0 Å². The Kier molecular flexibility index (Phi) is 6.78. The standard InChI is InChI=1S/C16H13ClFN5O4/c17-13-7-12(23(26)27)5-6-14(13)21-16(25)19-9-15(24)22-20-8-10-1-3-11(18)4-2-10/h1-8H,9H2,(H,22,24)(H2,19,21,25). The van der Waals surface area contributed by atoms with Crippen LogP contribution in [0.4, 0.5) is 20.6 Å². The van der Waals surface area contributed by atoms with Crippen molar-refractivity contribution in [1.29, 1.82) is 0 Å². The van der Waals surface area contributed by atoms with E-state index in [-0.39, 0.29) is 28.8 Å². The van der Waals surface area contributed by atoms with Gasteiger partial charge in [-0.25, -0.2) is 14.6 Å². The Hall–Kier alpha value is -3.53. The number of nitrogens with zero attached hydrogens (tertiary/aromatic N) is 2. The summed E-state index contributed by atoms with van der Waals surface area (Å²) in [7, 11) is 0. The largest absolute Gasteiger partial charge is 0.329 e. The van der Waals surface area contributed by atoms with Crippen molar-refractivity contribution in [3.05, 3.63) is 69.0 Å². The lowest BCUT2D eigenvalue weighted by molar-refractivity contribution is -0.384. The molecule has 2 aromatic rings. The van der Waals surface area contributed by atoms with Crippen LogP contribution < -0.4 is 16.1 Å². The lowest BCUT2D eigenvalue weighted by atomic mass is 10.2. The first-order valence-corrected chi connectivity index (χ1v) is 7.79. The first-order chi connectivity index (χ1) is 12.8. The zero-order valence-electron chi connectivity index (χ0n) is 13.6. The highest BCUT2D eigenvalue weighted by atomic mass is 35.5. The van der Waals surface area contributed by atoms with E-state index in [1.54, 1.807) is 0 Å². The third kappa shape index (κ3) is 6.36. The van der Waals surface area contributed by atoms with Crippen LogP contribution in [-0.2, 0) is 4.79 Å². The first-order valence-electron chi connectivity index (χ1n) is 7.41. The Bertz CT molecular complexity index is 889. The number of hydrogen-bond donors (Lipinski definition) is 3. The van der Waals surface area contributed by atoms with Gasteiger partial charge in [-0.3, -0.25) is 14.9 Å². The van der Waals surface area contributed by atoms with Gasteiger partial charge in [0.05, 0.1) is 21.8 Å². The Morgan fingerprint density at radius 2 is 1.93 bits per heavy atom. The van der Waals surface area contributed by atoms with Gasteiger partial charge >= 0.3 is 6.03 Å². The van der Waals surface area contributed by atoms with E-state index >= 15 is 0 Å². The van der Waals surface area contributed by atoms with Crippen molar-refractivity contribution in [1.82, 2.24) is 10.7 Å². The molecule has 0 atom stereocenters. The zero-order chi connectivity index (χ0) is 19.8. The number of non-ortho nitro benzene ring substituents is 1. The Balaban J connectivity index is 1.78. The fraction of sp³-hybridized carbons (Fsp3) is 0.0625. The number of amides is 3. The third-order valence-electron chi connectivity index (χ3n) is 3.09. The molecule has 0 unspecified atom stereocenters. The van der Waals surface area contributed by atoms with E-state index in [0.29, 0.717) is 5.56 Å². The molecule has 0 heterocycles. The molecule has 0 radical (unpaired) electrons. The maximum Gasteiger partial charge on any atom is 0.319 e. The van der Waals surface area contributed by atoms with Gasteiger partial charge in [-0.1, -0.05) is 23.7 Å². The fourth-order valence-corrected chi connectivity index (χ4v) is 2.04. The van der Waals surface area contributed by atoms with Crippen LogP contribution in [-0.4, -0.2) is 29.6 Å². The highest BCUT2D eigenvalue weighted by molar-refractivity contribution is 6.33. The second-order valence-electron chi connectivity index (χ2n) is 5.07. The third-order valence-corrected chi connectivity index (χ3v) is 3.41. The van der Waals surface area contributed by atoms with Crippen molar-refractivity contribution in [3.63, 3.8) is 0 Å². The molecule has 0 fully saturated rings. The summed E-state index contributed by atoms with van der Waals surface area (Å²) in [6, 6.07) is 8.26. The summed E-state index contributed by atoms with van der Waals surface area (Å²) in [5.41, 5.74) is 2.70. The summed E-state index contributed by atoms with van der Waals surface area (Å²) in [4.78, 5) is 33.4. The molecule has 3 N–H and O–H groups in total. The quantitative estimate of drug-likeness (QED) is 0.396. The average molecular weight is 394 g/mol.